The van der Waals surface area contributed by atoms with Gasteiger partial charge in [0.15, 0.2) is 5.16 Å². The van der Waals surface area contributed by atoms with Gasteiger partial charge in [-0.05, 0) is 57.9 Å². The molecule has 1 N–H and O–H groups in total. The summed E-state index contributed by atoms with van der Waals surface area (Å²) in [7, 11) is 0. The van der Waals surface area contributed by atoms with Crippen LogP contribution in [-0.2, 0) is 4.79 Å². The molecule has 0 aliphatic carbocycles. The number of anilines is 1. The molecule has 1 heterocycles. The van der Waals surface area contributed by atoms with E-state index < -0.39 is 5.25 Å². The second kappa shape index (κ2) is 8.82. The number of carbonyl (C=O) groups excluding carboxylic acids is 1. The fourth-order valence-electron chi connectivity index (χ4n) is 3.18. The standard InChI is InChI=1S/C23H27N3O2S/c1-6-16(4)26-22(28)18-9-7-8-10-20(18)25-23(26)29-17(5)21(27)24-19-12-11-14(2)13-15(19)3/h7-13,16-17H,6H2,1-5H3,(H,24,27)/t16-,17+/m0/s1. The quantitative estimate of drug-likeness (QED) is 0.454. The van der Waals surface area contributed by atoms with E-state index in [0.29, 0.717) is 16.1 Å². The SMILES string of the molecule is CC[C@H](C)n1c(S[C@H](C)C(=O)Nc2ccc(C)cc2C)nc2ccccc2c1=O. The largest absolute Gasteiger partial charge is 0.325 e. The third-order valence-corrected chi connectivity index (χ3v) is 6.16. The van der Waals surface area contributed by atoms with Crippen LogP contribution in [0.5, 0.6) is 0 Å². The number of benzene rings is 2. The van der Waals surface area contributed by atoms with Gasteiger partial charge in [0.25, 0.3) is 5.56 Å². The number of thioether (sulfide) groups is 1. The number of nitrogens with one attached hydrogen (secondary N) is 1. The van der Waals surface area contributed by atoms with Crippen molar-refractivity contribution >= 4 is 34.3 Å². The Labute approximate surface area is 175 Å². The van der Waals surface area contributed by atoms with E-state index in [1.54, 1.807) is 10.6 Å². The average molecular weight is 410 g/mol. The first kappa shape index (κ1) is 21.1. The lowest BCUT2D eigenvalue weighted by atomic mass is 10.1. The predicted molar refractivity (Wildman–Crippen MR) is 121 cm³/mol. The number of hydrogen-bond donors (Lipinski definition) is 1. The molecule has 1 aromatic heterocycles. The molecular formula is C23H27N3O2S. The van der Waals surface area contributed by atoms with E-state index in [0.717, 1.165) is 23.2 Å². The summed E-state index contributed by atoms with van der Waals surface area (Å²) in [5, 5.41) is 3.77. The topological polar surface area (TPSA) is 64.0 Å². The summed E-state index contributed by atoms with van der Waals surface area (Å²) < 4.78 is 1.72. The lowest BCUT2D eigenvalue weighted by Gasteiger charge is -2.20. The minimum absolute atomic E-state index is 0.00305. The molecule has 2 atom stereocenters. The van der Waals surface area contributed by atoms with Gasteiger partial charge in [-0.15, -0.1) is 0 Å². The van der Waals surface area contributed by atoms with Crippen LogP contribution in [0.3, 0.4) is 0 Å². The first-order valence-electron chi connectivity index (χ1n) is 9.87. The van der Waals surface area contributed by atoms with Crippen LogP contribution in [0, 0.1) is 13.8 Å². The van der Waals surface area contributed by atoms with Crippen molar-refractivity contribution in [3.8, 4) is 0 Å². The predicted octanol–water partition coefficient (Wildman–Crippen LogP) is 5.10. The van der Waals surface area contributed by atoms with Gasteiger partial charge in [0.2, 0.25) is 5.91 Å². The van der Waals surface area contributed by atoms with E-state index in [9.17, 15) is 9.59 Å². The Balaban J connectivity index is 1.91. The summed E-state index contributed by atoms with van der Waals surface area (Å²) >= 11 is 1.32. The second-order valence-corrected chi connectivity index (χ2v) is 8.72. The van der Waals surface area contributed by atoms with Crippen LogP contribution in [0.2, 0.25) is 0 Å². The fourth-order valence-corrected chi connectivity index (χ4v) is 4.19. The molecule has 5 nitrogen and oxygen atoms in total. The van der Waals surface area contributed by atoms with Crippen LogP contribution < -0.4 is 10.9 Å². The Morgan fingerprint density at radius 1 is 1.17 bits per heavy atom. The summed E-state index contributed by atoms with van der Waals surface area (Å²) in [6, 6.07) is 13.3. The van der Waals surface area contributed by atoms with Gasteiger partial charge in [-0.3, -0.25) is 14.2 Å². The van der Waals surface area contributed by atoms with Crippen LogP contribution >= 0.6 is 11.8 Å². The van der Waals surface area contributed by atoms with E-state index in [1.165, 1.54) is 11.8 Å². The van der Waals surface area contributed by atoms with Gasteiger partial charge in [0, 0.05) is 11.7 Å². The number of aryl methyl sites for hydroxylation is 2. The Morgan fingerprint density at radius 2 is 1.90 bits per heavy atom. The number of fused-ring (bicyclic) bond motifs is 1. The molecule has 6 heteroatoms. The Bertz CT molecular complexity index is 1110. The maximum Gasteiger partial charge on any atom is 0.262 e. The zero-order chi connectivity index (χ0) is 21.1. The van der Waals surface area contributed by atoms with Gasteiger partial charge < -0.3 is 5.32 Å². The molecule has 0 saturated carbocycles. The molecule has 0 bridgehead atoms. The van der Waals surface area contributed by atoms with Crippen molar-refractivity contribution in [2.75, 3.05) is 5.32 Å². The molecule has 1 amide bonds. The molecule has 2 aromatic carbocycles. The third kappa shape index (κ3) is 4.53. The summed E-state index contributed by atoms with van der Waals surface area (Å²) in [4.78, 5) is 30.6. The zero-order valence-electron chi connectivity index (χ0n) is 17.5. The lowest BCUT2D eigenvalue weighted by Crippen LogP contribution is -2.28. The lowest BCUT2D eigenvalue weighted by molar-refractivity contribution is -0.115. The first-order chi connectivity index (χ1) is 13.8. The van der Waals surface area contributed by atoms with Crippen LogP contribution in [-0.4, -0.2) is 20.7 Å². The maximum atomic E-state index is 13.1. The third-order valence-electron chi connectivity index (χ3n) is 5.10. The molecule has 0 fully saturated rings. The molecule has 0 unspecified atom stereocenters. The number of aromatic nitrogens is 2. The molecule has 0 spiro atoms. The summed E-state index contributed by atoms with van der Waals surface area (Å²) in [5.41, 5.74) is 3.58. The Hall–Kier alpha value is -2.60. The molecule has 29 heavy (non-hydrogen) atoms. The van der Waals surface area contributed by atoms with Gasteiger partial charge in [0.1, 0.15) is 0 Å². The van der Waals surface area contributed by atoms with Crippen LogP contribution in [0.15, 0.2) is 52.4 Å². The fraction of sp³-hybridized carbons (Fsp3) is 0.348. The molecule has 0 aliphatic heterocycles. The molecular weight excluding hydrogens is 382 g/mol. The Kier molecular flexibility index (Phi) is 6.42. The number of carbonyl (C=O) groups is 1. The van der Waals surface area contributed by atoms with Crippen LogP contribution in [0.1, 0.15) is 44.4 Å². The number of para-hydroxylation sites is 1. The Morgan fingerprint density at radius 3 is 2.59 bits per heavy atom. The monoisotopic (exact) mass is 409 g/mol. The minimum atomic E-state index is -0.404. The molecule has 3 aromatic rings. The first-order valence-corrected chi connectivity index (χ1v) is 10.8. The van der Waals surface area contributed by atoms with Gasteiger partial charge in [-0.25, -0.2) is 4.98 Å². The molecule has 0 aliphatic rings. The van der Waals surface area contributed by atoms with Crippen LogP contribution in [0.4, 0.5) is 5.69 Å². The summed E-state index contributed by atoms with van der Waals surface area (Å²) in [5.74, 6) is -0.111. The second-order valence-electron chi connectivity index (χ2n) is 7.41. The van der Waals surface area contributed by atoms with E-state index in [2.05, 4.69) is 5.32 Å². The molecule has 152 valence electrons. The normalized spacial score (nSPS) is 13.3. The van der Waals surface area contributed by atoms with Crippen molar-refractivity contribution < 1.29 is 4.79 Å². The summed E-state index contributed by atoms with van der Waals surface area (Å²) in [6.07, 6.45) is 0.802. The van der Waals surface area contributed by atoms with Crippen LogP contribution in [0.25, 0.3) is 10.9 Å². The highest BCUT2D eigenvalue weighted by atomic mass is 32.2. The number of hydrogen-bond acceptors (Lipinski definition) is 4. The average Bonchev–Trinajstić information content (AvgIpc) is 2.69. The summed E-state index contributed by atoms with van der Waals surface area (Å²) in [6.45, 7) is 9.88. The van der Waals surface area contributed by atoms with Gasteiger partial charge >= 0.3 is 0 Å². The molecule has 0 saturated heterocycles. The van der Waals surface area contributed by atoms with Gasteiger partial charge in [-0.1, -0.05) is 48.5 Å². The highest BCUT2D eigenvalue weighted by Gasteiger charge is 2.21. The van der Waals surface area contributed by atoms with Crippen molar-refractivity contribution in [2.45, 2.75) is 57.5 Å². The molecule has 3 rings (SSSR count). The minimum Gasteiger partial charge on any atom is -0.325 e. The zero-order valence-corrected chi connectivity index (χ0v) is 18.3. The van der Waals surface area contributed by atoms with Gasteiger partial charge in [-0.2, -0.15) is 0 Å². The van der Waals surface area contributed by atoms with Crippen molar-refractivity contribution in [1.29, 1.82) is 0 Å². The van der Waals surface area contributed by atoms with Crippen molar-refractivity contribution in [2.24, 2.45) is 0 Å². The van der Waals surface area contributed by atoms with E-state index in [-0.39, 0.29) is 17.5 Å². The highest BCUT2D eigenvalue weighted by molar-refractivity contribution is 8.00. The van der Waals surface area contributed by atoms with Crippen molar-refractivity contribution in [3.05, 3.63) is 63.9 Å². The van der Waals surface area contributed by atoms with E-state index >= 15 is 0 Å². The van der Waals surface area contributed by atoms with Crippen molar-refractivity contribution in [3.63, 3.8) is 0 Å². The van der Waals surface area contributed by atoms with Crippen molar-refractivity contribution in [1.82, 2.24) is 9.55 Å². The highest BCUT2D eigenvalue weighted by Crippen LogP contribution is 2.27. The van der Waals surface area contributed by atoms with Gasteiger partial charge in [0.05, 0.1) is 16.2 Å². The van der Waals surface area contributed by atoms with E-state index in [1.807, 2.05) is 71.0 Å². The number of nitrogens with zero attached hydrogens (tertiary/aromatic N) is 2. The number of rotatable bonds is 6. The smallest absolute Gasteiger partial charge is 0.262 e. The number of amides is 1. The maximum absolute atomic E-state index is 13.1. The van der Waals surface area contributed by atoms with E-state index in [4.69, 9.17) is 4.98 Å². The molecule has 0 radical (unpaired) electrons.